The lowest BCUT2D eigenvalue weighted by Gasteiger charge is -2.56. The number of allylic oxidation sites excluding steroid dienone is 1. The minimum Gasteiger partial charge on any atom is -0.508 e. The van der Waals surface area contributed by atoms with E-state index in [1.807, 2.05) is 12.1 Å². The van der Waals surface area contributed by atoms with Crippen LogP contribution < -0.4 is 0 Å². The molecule has 22 heavy (non-hydrogen) atoms. The highest BCUT2D eigenvalue weighted by atomic mass is 16.3. The van der Waals surface area contributed by atoms with Gasteiger partial charge in [0.25, 0.3) is 0 Å². The summed E-state index contributed by atoms with van der Waals surface area (Å²) < 4.78 is 0. The quantitative estimate of drug-likeness (QED) is 0.842. The lowest BCUT2D eigenvalue weighted by Crippen LogP contribution is -2.58. The average Bonchev–Trinajstić information content (AvgIpc) is 2.48. The first-order chi connectivity index (χ1) is 10.5. The normalized spacial score (nSPS) is 30.7. The van der Waals surface area contributed by atoms with Gasteiger partial charge in [-0.3, -0.25) is 4.90 Å². The van der Waals surface area contributed by atoms with Gasteiger partial charge < -0.3 is 5.11 Å². The summed E-state index contributed by atoms with van der Waals surface area (Å²) in [4.78, 5) is 2.67. The van der Waals surface area contributed by atoms with E-state index >= 15 is 0 Å². The zero-order chi connectivity index (χ0) is 15.9. The van der Waals surface area contributed by atoms with Crippen LogP contribution in [-0.2, 0) is 11.8 Å². The highest BCUT2D eigenvalue weighted by Gasteiger charge is 2.49. The molecule has 2 bridgehead atoms. The Morgan fingerprint density at radius 3 is 2.86 bits per heavy atom. The van der Waals surface area contributed by atoms with Gasteiger partial charge in [-0.25, -0.2) is 0 Å². The van der Waals surface area contributed by atoms with Crippen LogP contribution in [0, 0.1) is 5.92 Å². The molecule has 1 heterocycles. The number of piperidine rings is 1. The number of benzene rings is 1. The molecule has 1 aliphatic carbocycles. The number of hydrogen-bond acceptors (Lipinski definition) is 2. The third kappa shape index (κ3) is 2.38. The Kier molecular flexibility index (Phi) is 4.07. The van der Waals surface area contributed by atoms with Crippen LogP contribution in [0.1, 0.15) is 51.7 Å². The SMILES string of the molecule is CC[C@@]12CCN(CC=C(C)C)C(Cc3ccc(O)cc31)[C@@H]2C. The Hall–Kier alpha value is -1.28. The van der Waals surface area contributed by atoms with Crippen LogP contribution in [0.5, 0.6) is 5.75 Å². The van der Waals surface area contributed by atoms with Gasteiger partial charge in [0.15, 0.2) is 0 Å². The second-order valence-electron chi connectivity index (χ2n) is 7.44. The first kappa shape index (κ1) is 15.6. The summed E-state index contributed by atoms with van der Waals surface area (Å²) in [6, 6.07) is 6.67. The first-order valence-electron chi connectivity index (χ1n) is 8.67. The topological polar surface area (TPSA) is 23.5 Å². The molecule has 1 fully saturated rings. The Labute approximate surface area is 134 Å². The van der Waals surface area contributed by atoms with Crippen LogP contribution in [0.3, 0.4) is 0 Å². The van der Waals surface area contributed by atoms with Gasteiger partial charge in [0.2, 0.25) is 0 Å². The van der Waals surface area contributed by atoms with Gasteiger partial charge in [-0.1, -0.05) is 31.6 Å². The van der Waals surface area contributed by atoms with Crippen molar-refractivity contribution < 1.29 is 5.11 Å². The predicted molar refractivity (Wildman–Crippen MR) is 92.4 cm³/mol. The minimum absolute atomic E-state index is 0.248. The number of aromatic hydroxyl groups is 1. The van der Waals surface area contributed by atoms with Crippen LogP contribution in [0.2, 0.25) is 0 Å². The maximum atomic E-state index is 9.96. The van der Waals surface area contributed by atoms with Gasteiger partial charge in [0.05, 0.1) is 0 Å². The van der Waals surface area contributed by atoms with E-state index in [4.69, 9.17) is 0 Å². The van der Waals surface area contributed by atoms with Gasteiger partial charge in [-0.15, -0.1) is 0 Å². The minimum atomic E-state index is 0.248. The molecular weight excluding hydrogens is 270 g/mol. The van der Waals surface area contributed by atoms with Crippen LogP contribution in [0.4, 0.5) is 0 Å². The van der Waals surface area contributed by atoms with Crippen LogP contribution in [-0.4, -0.2) is 29.1 Å². The Morgan fingerprint density at radius 2 is 2.18 bits per heavy atom. The molecule has 1 saturated heterocycles. The summed E-state index contributed by atoms with van der Waals surface area (Å²) in [5, 5.41) is 9.96. The number of fused-ring (bicyclic) bond motifs is 4. The maximum absolute atomic E-state index is 9.96. The summed E-state index contributed by atoms with van der Waals surface area (Å²) >= 11 is 0. The van der Waals surface area contributed by atoms with E-state index in [0.29, 0.717) is 17.7 Å². The Bertz CT molecular complexity index is 587. The van der Waals surface area contributed by atoms with Crippen molar-refractivity contribution >= 4 is 0 Å². The molecule has 2 heteroatoms. The number of phenolic OH excluding ortho intramolecular Hbond substituents is 1. The second-order valence-corrected chi connectivity index (χ2v) is 7.44. The third-order valence-corrected chi connectivity index (χ3v) is 6.19. The van der Waals surface area contributed by atoms with Crippen molar-refractivity contribution in [1.82, 2.24) is 4.90 Å². The standard InChI is InChI=1S/C20H29NO/c1-5-20-9-11-21(10-8-14(2)3)19(15(20)4)12-16-6-7-17(22)13-18(16)20/h6-8,13,15,19,22H,5,9-12H2,1-4H3/t15-,19?,20-/m0/s1. The van der Waals surface area contributed by atoms with E-state index in [2.05, 4.69) is 44.7 Å². The van der Waals surface area contributed by atoms with E-state index in [1.54, 1.807) is 0 Å². The molecule has 3 rings (SSSR count). The van der Waals surface area contributed by atoms with Gasteiger partial charge in [0, 0.05) is 18.0 Å². The van der Waals surface area contributed by atoms with Crippen molar-refractivity contribution in [2.24, 2.45) is 5.92 Å². The number of nitrogens with zero attached hydrogens (tertiary/aromatic N) is 1. The number of rotatable bonds is 3. The van der Waals surface area contributed by atoms with Crippen molar-refractivity contribution in [3.63, 3.8) is 0 Å². The van der Waals surface area contributed by atoms with Gasteiger partial charge in [0.1, 0.15) is 5.75 Å². The molecule has 120 valence electrons. The highest BCUT2D eigenvalue weighted by Crippen LogP contribution is 2.51. The fourth-order valence-corrected chi connectivity index (χ4v) is 4.75. The molecule has 1 aromatic rings. The van der Waals surface area contributed by atoms with E-state index in [1.165, 1.54) is 29.7 Å². The molecule has 2 aliphatic rings. The predicted octanol–water partition coefficient (Wildman–Crippen LogP) is 4.27. The van der Waals surface area contributed by atoms with Crippen molar-refractivity contribution in [1.29, 1.82) is 0 Å². The molecule has 2 nitrogen and oxygen atoms in total. The molecule has 0 spiro atoms. The molecule has 1 N–H and O–H groups in total. The average molecular weight is 299 g/mol. The second kappa shape index (κ2) is 5.73. The number of likely N-dealkylation sites (tertiary alicyclic amines) is 1. The summed E-state index contributed by atoms with van der Waals surface area (Å²) in [7, 11) is 0. The zero-order valence-electron chi connectivity index (χ0n) is 14.4. The molecule has 0 amide bonds. The monoisotopic (exact) mass is 299 g/mol. The third-order valence-electron chi connectivity index (χ3n) is 6.19. The van der Waals surface area contributed by atoms with Crippen LogP contribution in [0.15, 0.2) is 29.8 Å². The molecule has 1 aliphatic heterocycles. The fourth-order valence-electron chi connectivity index (χ4n) is 4.75. The molecular formula is C20H29NO. The van der Waals surface area contributed by atoms with Crippen molar-refractivity contribution in [2.45, 2.75) is 58.4 Å². The molecule has 0 radical (unpaired) electrons. The molecule has 0 saturated carbocycles. The van der Waals surface area contributed by atoms with Crippen molar-refractivity contribution in [3.05, 3.63) is 41.0 Å². The first-order valence-corrected chi connectivity index (χ1v) is 8.67. The summed E-state index contributed by atoms with van der Waals surface area (Å²) in [6.07, 6.45) is 5.85. The lowest BCUT2D eigenvalue weighted by atomic mass is 9.57. The summed E-state index contributed by atoms with van der Waals surface area (Å²) in [5.74, 6) is 1.07. The van der Waals surface area contributed by atoms with Crippen LogP contribution >= 0.6 is 0 Å². The number of hydrogen-bond donors (Lipinski definition) is 1. The van der Waals surface area contributed by atoms with Crippen molar-refractivity contribution in [3.8, 4) is 5.75 Å². The Balaban J connectivity index is 1.99. The Morgan fingerprint density at radius 1 is 1.41 bits per heavy atom. The smallest absolute Gasteiger partial charge is 0.115 e. The van der Waals surface area contributed by atoms with Crippen LogP contribution in [0.25, 0.3) is 0 Å². The summed E-state index contributed by atoms with van der Waals surface area (Å²) in [5.41, 5.74) is 4.52. The molecule has 1 aromatic carbocycles. The van der Waals surface area contributed by atoms with Gasteiger partial charge in [-0.05, 0) is 68.8 Å². The zero-order valence-corrected chi connectivity index (χ0v) is 14.4. The van der Waals surface area contributed by atoms with E-state index in [-0.39, 0.29) is 5.41 Å². The van der Waals surface area contributed by atoms with Crippen molar-refractivity contribution in [2.75, 3.05) is 13.1 Å². The highest BCUT2D eigenvalue weighted by molar-refractivity contribution is 5.44. The molecule has 3 atom stereocenters. The van der Waals surface area contributed by atoms with Gasteiger partial charge in [-0.2, -0.15) is 0 Å². The summed E-state index contributed by atoms with van der Waals surface area (Å²) in [6.45, 7) is 11.4. The van der Waals surface area contributed by atoms with E-state index < -0.39 is 0 Å². The van der Waals surface area contributed by atoms with E-state index in [0.717, 1.165) is 19.4 Å². The molecule has 1 unspecified atom stereocenters. The maximum Gasteiger partial charge on any atom is 0.115 e. The lowest BCUT2D eigenvalue weighted by molar-refractivity contribution is 0.0284. The molecule has 0 aromatic heterocycles. The number of phenols is 1. The fraction of sp³-hybridized carbons (Fsp3) is 0.600. The largest absolute Gasteiger partial charge is 0.508 e. The van der Waals surface area contributed by atoms with E-state index in [9.17, 15) is 5.11 Å². The van der Waals surface area contributed by atoms with Gasteiger partial charge >= 0.3 is 0 Å².